The average molecular weight is 515 g/mol. The minimum absolute atomic E-state index is 0.181. The Labute approximate surface area is 201 Å². The van der Waals surface area contributed by atoms with Gasteiger partial charge in [-0.25, -0.2) is 9.37 Å². The molecule has 34 heavy (non-hydrogen) atoms. The van der Waals surface area contributed by atoms with Crippen LogP contribution in [-0.4, -0.2) is 36.5 Å². The molecule has 1 aromatic heterocycles. The number of hydrogen-bond acceptors (Lipinski definition) is 4. The molecule has 0 bridgehead atoms. The summed E-state index contributed by atoms with van der Waals surface area (Å²) in [6, 6.07) is 9.25. The number of anilines is 1. The Balaban J connectivity index is 2.10. The second kappa shape index (κ2) is 9.99. The summed E-state index contributed by atoms with van der Waals surface area (Å²) in [7, 11) is 1.19. The van der Waals surface area contributed by atoms with E-state index in [0.29, 0.717) is 11.1 Å². The number of aromatic nitrogens is 1. The van der Waals surface area contributed by atoms with Gasteiger partial charge in [0, 0.05) is 35.0 Å². The summed E-state index contributed by atoms with van der Waals surface area (Å²) < 4.78 is 57.8. The van der Waals surface area contributed by atoms with Gasteiger partial charge >= 0.3 is 6.18 Å². The summed E-state index contributed by atoms with van der Waals surface area (Å²) in [4.78, 5) is 29.5. The van der Waals surface area contributed by atoms with E-state index in [-0.39, 0.29) is 27.2 Å². The number of ether oxygens (including phenoxy) is 1. The van der Waals surface area contributed by atoms with Crippen LogP contribution in [0.5, 0.6) is 5.75 Å². The van der Waals surface area contributed by atoms with Crippen LogP contribution in [0.2, 0.25) is 10.0 Å². The molecule has 1 amide bonds. The molecule has 0 aliphatic rings. The molecule has 0 N–H and O–H groups in total. The first-order chi connectivity index (χ1) is 15.9. The predicted octanol–water partition coefficient (Wildman–Crippen LogP) is 6.61. The lowest BCUT2D eigenvalue weighted by atomic mass is 10.0. The molecule has 0 saturated carbocycles. The van der Waals surface area contributed by atoms with E-state index < -0.39 is 35.8 Å². The van der Waals surface area contributed by atoms with Gasteiger partial charge < -0.3 is 4.74 Å². The average Bonchev–Trinajstić information content (AvgIpc) is 2.76. The third-order valence-electron chi connectivity index (χ3n) is 4.71. The highest BCUT2D eigenvalue weighted by Crippen LogP contribution is 2.36. The van der Waals surface area contributed by atoms with Crippen LogP contribution < -0.4 is 9.64 Å². The Kier molecular flexibility index (Phi) is 7.48. The molecular formula is C23H16Cl2F4N2O3. The predicted molar refractivity (Wildman–Crippen MR) is 120 cm³/mol. The summed E-state index contributed by atoms with van der Waals surface area (Å²) in [6.07, 6.45) is -3.44. The molecule has 3 rings (SSSR count). The van der Waals surface area contributed by atoms with E-state index in [0.717, 1.165) is 11.0 Å². The number of carbonyl (C=O) groups excluding carboxylic acids is 2. The molecule has 0 unspecified atom stereocenters. The number of halogens is 6. The van der Waals surface area contributed by atoms with Gasteiger partial charge in [-0.1, -0.05) is 29.3 Å². The molecule has 5 nitrogen and oxygen atoms in total. The Morgan fingerprint density at radius 2 is 1.79 bits per heavy atom. The van der Waals surface area contributed by atoms with Crippen molar-refractivity contribution in [3.8, 4) is 16.9 Å². The van der Waals surface area contributed by atoms with Crippen molar-refractivity contribution >= 4 is 40.7 Å². The zero-order valence-corrected chi connectivity index (χ0v) is 19.2. The Morgan fingerprint density at radius 3 is 2.41 bits per heavy atom. The fourth-order valence-electron chi connectivity index (χ4n) is 3.03. The van der Waals surface area contributed by atoms with Gasteiger partial charge in [-0.3, -0.25) is 14.5 Å². The second-order valence-electron chi connectivity index (χ2n) is 7.16. The fourth-order valence-corrected chi connectivity index (χ4v) is 3.50. The number of amides is 1. The molecular weight excluding hydrogens is 499 g/mol. The van der Waals surface area contributed by atoms with Crippen molar-refractivity contribution in [1.29, 1.82) is 0 Å². The van der Waals surface area contributed by atoms with Crippen LogP contribution in [-0.2, 0) is 0 Å². The number of carbonyl (C=O) groups is 2. The first kappa shape index (κ1) is 25.5. The summed E-state index contributed by atoms with van der Waals surface area (Å²) >= 11 is 12.2. The van der Waals surface area contributed by atoms with Gasteiger partial charge in [0.2, 0.25) is 0 Å². The van der Waals surface area contributed by atoms with Crippen molar-refractivity contribution < 1.29 is 31.9 Å². The van der Waals surface area contributed by atoms with E-state index in [9.17, 15) is 27.2 Å². The number of hydrogen-bond donors (Lipinski definition) is 0. The number of nitrogens with zero attached hydrogens (tertiary/aromatic N) is 2. The number of rotatable bonds is 6. The largest absolute Gasteiger partial charge is 0.480 e. The highest BCUT2D eigenvalue weighted by Gasteiger charge is 2.30. The van der Waals surface area contributed by atoms with Crippen molar-refractivity contribution in [2.75, 3.05) is 18.6 Å². The first-order valence-electron chi connectivity index (χ1n) is 9.61. The van der Waals surface area contributed by atoms with Crippen LogP contribution in [0, 0.1) is 5.82 Å². The summed E-state index contributed by atoms with van der Waals surface area (Å²) in [5.41, 5.74) is 0.398. The quantitative estimate of drug-likeness (QED) is 0.274. The van der Waals surface area contributed by atoms with E-state index in [4.69, 9.17) is 27.9 Å². The van der Waals surface area contributed by atoms with Crippen LogP contribution in [0.1, 0.15) is 27.6 Å². The van der Waals surface area contributed by atoms with E-state index in [1.807, 2.05) is 0 Å². The standard InChI is InChI=1S/C23H16Cl2F4N2O3/c1-12(32)13-6-7-16(24)15(8-13)14-9-19(34-11-23(27,28)29)21(30-10-14)31(2)22(33)20-17(25)4-3-5-18(20)26/h3-10H,11H2,1-2H3. The van der Waals surface area contributed by atoms with Crippen LogP contribution in [0.15, 0.2) is 48.7 Å². The zero-order chi connectivity index (χ0) is 25.2. The van der Waals surface area contributed by atoms with Crippen LogP contribution in [0.4, 0.5) is 23.4 Å². The van der Waals surface area contributed by atoms with Crippen LogP contribution in [0.25, 0.3) is 11.1 Å². The third-order valence-corrected chi connectivity index (χ3v) is 5.35. The molecule has 0 fully saturated rings. The number of ketones is 1. The van der Waals surface area contributed by atoms with E-state index in [2.05, 4.69) is 4.98 Å². The van der Waals surface area contributed by atoms with Gasteiger partial charge in [0.05, 0.1) is 10.6 Å². The van der Waals surface area contributed by atoms with Crippen molar-refractivity contribution in [3.63, 3.8) is 0 Å². The normalized spacial score (nSPS) is 11.3. The molecule has 2 aromatic carbocycles. The SMILES string of the molecule is CC(=O)c1ccc(Cl)c(-c2cnc(N(C)C(=O)c3c(F)cccc3Cl)c(OCC(F)(F)F)c2)c1. The first-order valence-corrected chi connectivity index (χ1v) is 10.4. The maximum atomic E-state index is 14.2. The lowest BCUT2D eigenvalue weighted by Crippen LogP contribution is -2.29. The third kappa shape index (κ3) is 5.66. The number of pyridine rings is 1. The molecule has 0 aliphatic heterocycles. The van der Waals surface area contributed by atoms with Crippen molar-refractivity contribution in [2.45, 2.75) is 13.1 Å². The van der Waals surface area contributed by atoms with E-state index >= 15 is 0 Å². The molecule has 11 heteroatoms. The Hall–Kier alpha value is -3.17. The highest BCUT2D eigenvalue weighted by atomic mass is 35.5. The molecule has 0 radical (unpaired) electrons. The van der Waals surface area contributed by atoms with Crippen molar-refractivity contribution in [1.82, 2.24) is 4.98 Å². The molecule has 3 aromatic rings. The zero-order valence-electron chi connectivity index (χ0n) is 17.7. The van der Waals surface area contributed by atoms with Gasteiger partial charge in [-0.2, -0.15) is 13.2 Å². The van der Waals surface area contributed by atoms with Gasteiger partial charge in [-0.15, -0.1) is 0 Å². The van der Waals surface area contributed by atoms with Crippen LogP contribution in [0.3, 0.4) is 0 Å². The molecule has 178 valence electrons. The lowest BCUT2D eigenvalue weighted by Gasteiger charge is -2.21. The summed E-state index contributed by atoms with van der Waals surface area (Å²) in [6.45, 7) is -0.324. The van der Waals surface area contributed by atoms with E-state index in [1.165, 1.54) is 56.6 Å². The smallest absolute Gasteiger partial charge is 0.422 e. The monoisotopic (exact) mass is 514 g/mol. The maximum absolute atomic E-state index is 14.2. The fraction of sp³-hybridized carbons (Fsp3) is 0.174. The highest BCUT2D eigenvalue weighted by molar-refractivity contribution is 6.34. The number of alkyl halides is 3. The van der Waals surface area contributed by atoms with Gasteiger partial charge in [0.1, 0.15) is 5.82 Å². The second-order valence-corrected chi connectivity index (χ2v) is 7.98. The molecule has 1 heterocycles. The van der Waals surface area contributed by atoms with Crippen molar-refractivity contribution in [3.05, 3.63) is 75.7 Å². The van der Waals surface area contributed by atoms with Crippen molar-refractivity contribution in [2.24, 2.45) is 0 Å². The number of Topliss-reactive ketones (excluding diaryl/α,β-unsaturated/α-hetero) is 1. The molecule has 0 aliphatic carbocycles. The topological polar surface area (TPSA) is 59.5 Å². The number of benzene rings is 2. The minimum Gasteiger partial charge on any atom is -0.480 e. The summed E-state index contributed by atoms with van der Waals surface area (Å²) in [5, 5.41) is 0.0305. The molecule has 0 atom stereocenters. The molecule has 0 spiro atoms. The van der Waals surface area contributed by atoms with E-state index in [1.54, 1.807) is 0 Å². The van der Waals surface area contributed by atoms with Gasteiger partial charge in [-0.05, 0) is 43.3 Å². The van der Waals surface area contributed by atoms with Gasteiger partial charge in [0.15, 0.2) is 24.0 Å². The maximum Gasteiger partial charge on any atom is 0.422 e. The van der Waals surface area contributed by atoms with Crippen LogP contribution >= 0.6 is 23.2 Å². The minimum atomic E-state index is -4.68. The Morgan fingerprint density at radius 1 is 1.09 bits per heavy atom. The Bertz CT molecular complexity index is 1250. The molecule has 0 saturated heterocycles. The lowest BCUT2D eigenvalue weighted by molar-refractivity contribution is -0.153. The summed E-state index contributed by atoms with van der Waals surface area (Å²) in [5.74, 6) is -2.83. The van der Waals surface area contributed by atoms with Gasteiger partial charge in [0.25, 0.3) is 5.91 Å².